The molecule has 0 saturated heterocycles. The molecule has 0 aliphatic rings. The minimum absolute atomic E-state index is 0.253. The van der Waals surface area contributed by atoms with Crippen molar-refractivity contribution in [3.63, 3.8) is 0 Å². The topological polar surface area (TPSA) is 0 Å². The first-order valence-corrected chi connectivity index (χ1v) is 9.37. The fourth-order valence-electron chi connectivity index (χ4n) is 4.25. The van der Waals surface area contributed by atoms with Gasteiger partial charge >= 0.3 is 6.18 Å². The Labute approximate surface area is 165 Å². The molecule has 3 heteroatoms. The van der Waals surface area contributed by atoms with Crippen molar-refractivity contribution < 1.29 is 13.2 Å². The van der Waals surface area contributed by atoms with E-state index in [4.69, 9.17) is 0 Å². The van der Waals surface area contributed by atoms with Gasteiger partial charge in [0, 0.05) is 5.41 Å². The molecule has 0 N–H and O–H groups in total. The van der Waals surface area contributed by atoms with Gasteiger partial charge in [0.1, 0.15) is 5.41 Å². The Morgan fingerprint density at radius 1 is 0.536 bits per heavy atom. The van der Waals surface area contributed by atoms with Gasteiger partial charge in [0.15, 0.2) is 0 Å². The average Bonchev–Trinajstić information content (AvgIpc) is 2.65. The van der Waals surface area contributed by atoms with Crippen molar-refractivity contribution in [1.82, 2.24) is 0 Å². The minimum Gasteiger partial charge on any atom is -0.170 e. The highest BCUT2D eigenvalue weighted by Gasteiger charge is 2.65. The van der Waals surface area contributed by atoms with Crippen LogP contribution in [0.25, 0.3) is 0 Å². The van der Waals surface area contributed by atoms with Crippen molar-refractivity contribution in [2.75, 3.05) is 0 Å². The lowest BCUT2D eigenvalue weighted by Gasteiger charge is -2.49. The quantitative estimate of drug-likeness (QED) is 0.450. The van der Waals surface area contributed by atoms with Gasteiger partial charge in [-0.2, -0.15) is 13.2 Å². The van der Waals surface area contributed by atoms with Crippen LogP contribution in [-0.2, 0) is 10.8 Å². The molecule has 3 rings (SSSR count). The summed E-state index contributed by atoms with van der Waals surface area (Å²) in [6.07, 6.45) is -4.50. The van der Waals surface area contributed by atoms with E-state index in [-0.39, 0.29) is 11.1 Å². The number of halogens is 3. The lowest BCUT2D eigenvalue weighted by molar-refractivity contribution is -0.195. The number of rotatable bonds is 4. The largest absolute Gasteiger partial charge is 0.403 e. The molecule has 28 heavy (non-hydrogen) atoms. The van der Waals surface area contributed by atoms with Crippen molar-refractivity contribution in [3.05, 3.63) is 107 Å². The molecule has 3 aromatic carbocycles. The molecule has 0 aliphatic carbocycles. The number of hydrogen-bond donors (Lipinski definition) is 0. The summed E-state index contributed by atoms with van der Waals surface area (Å²) in [6, 6.07) is 22.5. The SMILES string of the molecule is Cc1ccc(C(c2ccc(C)cc2)(C(F)(F)F)C(C)(C)c2ccccc2)cc1. The van der Waals surface area contributed by atoms with Crippen LogP contribution in [0.4, 0.5) is 13.2 Å². The maximum absolute atomic E-state index is 15.1. The maximum atomic E-state index is 15.1. The molecule has 0 spiro atoms. The van der Waals surface area contributed by atoms with Crippen molar-refractivity contribution in [1.29, 1.82) is 0 Å². The second-order valence-electron chi connectivity index (χ2n) is 7.97. The molecule has 146 valence electrons. The fraction of sp³-hybridized carbons (Fsp3) is 0.280. The number of aryl methyl sites for hydroxylation is 2. The molecule has 0 amide bonds. The monoisotopic (exact) mass is 382 g/mol. The smallest absolute Gasteiger partial charge is 0.170 e. The third-order valence-corrected chi connectivity index (χ3v) is 5.83. The molecule has 0 fully saturated rings. The molecule has 0 bridgehead atoms. The highest BCUT2D eigenvalue weighted by molar-refractivity contribution is 5.50. The second-order valence-corrected chi connectivity index (χ2v) is 7.97. The minimum atomic E-state index is -4.50. The Bertz CT molecular complexity index is 873. The van der Waals surface area contributed by atoms with Gasteiger partial charge in [-0.15, -0.1) is 0 Å². The Balaban J connectivity index is 2.43. The molecule has 0 saturated carbocycles. The predicted octanol–water partition coefficient (Wildman–Crippen LogP) is 7.13. The standard InChI is InChI=1S/C25H25F3/c1-18-10-14-21(15-11-18)24(25(26,27)28,22-16-12-19(2)13-17-22)23(3,4)20-8-6-5-7-9-20/h5-17H,1-4H3. The molecule has 0 aliphatic heterocycles. The van der Waals surface area contributed by atoms with Crippen LogP contribution >= 0.6 is 0 Å². The van der Waals surface area contributed by atoms with Crippen LogP contribution in [0.15, 0.2) is 78.9 Å². The lowest BCUT2D eigenvalue weighted by Crippen LogP contribution is -2.56. The van der Waals surface area contributed by atoms with Gasteiger partial charge in [-0.05, 0) is 30.5 Å². The fourth-order valence-corrected chi connectivity index (χ4v) is 4.25. The highest BCUT2D eigenvalue weighted by atomic mass is 19.4. The molecule has 0 aromatic heterocycles. The summed E-state index contributed by atoms with van der Waals surface area (Å²) in [5.74, 6) is 0. The van der Waals surface area contributed by atoms with Gasteiger partial charge in [0.25, 0.3) is 0 Å². The van der Waals surface area contributed by atoms with Gasteiger partial charge in [-0.3, -0.25) is 0 Å². The highest BCUT2D eigenvalue weighted by Crippen LogP contribution is 2.57. The zero-order valence-electron chi connectivity index (χ0n) is 16.6. The van der Waals surface area contributed by atoms with E-state index < -0.39 is 17.0 Å². The Hall–Kier alpha value is -2.55. The second kappa shape index (κ2) is 7.12. The number of alkyl halides is 3. The summed E-state index contributed by atoms with van der Waals surface area (Å²) in [6.45, 7) is 7.14. The summed E-state index contributed by atoms with van der Waals surface area (Å²) >= 11 is 0. The summed E-state index contributed by atoms with van der Waals surface area (Å²) in [5.41, 5.74) is -0.414. The first-order chi connectivity index (χ1) is 13.1. The van der Waals surface area contributed by atoms with Gasteiger partial charge in [-0.1, -0.05) is 104 Å². The molecule has 0 unspecified atom stereocenters. The third kappa shape index (κ3) is 3.13. The van der Waals surface area contributed by atoms with E-state index in [9.17, 15) is 0 Å². The predicted molar refractivity (Wildman–Crippen MR) is 109 cm³/mol. The van der Waals surface area contributed by atoms with E-state index in [1.165, 1.54) is 0 Å². The molecule has 0 radical (unpaired) electrons. The number of hydrogen-bond acceptors (Lipinski definition) is 0. The van der Waals surface area contributed by atoms with Crippen molar-refractivity contribution >= 4 is 0 Å². The van der Waals surface area contributed by atoms with E-state index in [2.05, 4.69) is 0 Å². The van der Waals surface area contributed by atoms with Crippen LogP contribution in [0.5, 0.6) is 0 Å². The van der Waals surface area contributed by atoms with Gasteiger partial charge in [0.05, 0.1) is 0 Å². The van der Waals surface area contributed by atoms with Gasteiger partial charge in [0.2, 0.25) is 0 Å². The van der Waals surface area contributed by atoms with E-state index >= 15 is 13.2 Å². The average molecular weight is 382 g/mol. The van der Waals surface area contributed by atoms with Crippen LogP contribution in [0, 0.1) is 13.8 Å². The molecule has 0 atom stereocenters. The van der Waals surface area contributed by atoms with Crippen LogP contribution in [0.3, 0.4) is 0 Å². The third-order valence-electron chi connectivity index (χ3n) is 5.83. The molecule has 3 aromatic rings. The van der Waals surface area contributed by atoms with Crippen LogP contribution in [0.1, 0.15) is 41.7 Å². The lowest BCUT2D eigenvalue weighted by atomic mass is 9.55. The Morgan fingerprint density at radius 3 is 1.29 bits per heavy atom. The van der Waals surface area contributed by atoms with Crippen molar-refractivity contribution in [2.24, 2.45) is 0 Å². The first kappa shape index (κ1) is 20.2. The molecular formula is C25H25F3. The van der Waals surface area contributed by atoms with Crippen molar-refractivity contribution in [2.45, 2.75) is 44.7 Å². The Morgan fingerprint density at radius 2 is 0.929 bits per heavy atom. The maximum Gasteiger partial charge on any atom is 0.403 e. The molecular weight excluding hydrogens is 357 g/mol. The Kier molecular flexibility index (Phi) is 5.14. The zero-order valence-corrected chi connectivity index (χ0v) is 16.6. The van der Waals surface area contributed by atoms with Crippen LogP contribution in [-0.4, -0.2) is 6.18 Å². The molecule has 0 nitrogen and oxygen atoms in total. The van der Waals surface area contributed by atoms with E-state index in [1.807, 2.05) is 19.9 Å². The number of benzene rings is 3. The summed E-state index contributed by atoms with van der Waals surface area (Å²) in [4.78, 5) is 0. The van der Waals surface area contributed by atoms with Crippen LogP contribution in [0.2, 0.25) is 0 Å². The first-order valence-electron chi connectivity index (χ1n) is 9.37. The normalized spacial score (nSPS) is 12.8. The van der Waals surface area contributed by atoms with Crippen LogP contribution < -0.4 is 0 Å². The van der Waals surface area contributed by atoms with E-state index in [0.717, 1.165) is 11.1 Å². The molecule has 0 heterocycles. The van der Waals surface area contributed by atoms with E-state index in [0.29, 0.717) is 5.56 Å². The summed E-state index contributed by atoms with van der Waals surface area (Å²) in [7, 11) is 0. The summed E-state index contributed by atoms with van der Waals surface area (Å²) < 4.78 is 45.4. The van der Waals surface area contributed by atoms with Gasteiger partial charge in [-0.25, -0.2) is 0 Å². The van der Waals surface area contributed by atoms with E-state index in [1.54, 1.807) is 86.6 Å². The summed E-state index contributed by atoms with van der Waals surface area (Å²) in [5, 5.41) is 0. The van der Waals surface area contributed by atoms with Crippen molar-refractivity contribution in [3.8, 4) is 0 Å². The van der Waals surface area contributed by atoms with Gasteiger partial charge < -0.3 is 0 Å². The zero-order chi connectivity index (χ0) is 20.6.